The standard InChI is InChI=1S/C12H12Cl2F4O/c13-5-11(6-14,7-19-8-12(16,17)18)9-3-1-2-4-10(9)15/h1-4H,5-8H2. The number of alkyl halides is 5. The molecule has 0 amide bonds. The SMILES string of the molecule is Fc1ccccc1C(CCl)(CCl)COCC(F)(F)F. The van der Waals surface area contributed by atoms with Crippen LogP contribution in [0.25, 0.3) is 0 Å². The topological polar surface area (TPSA) is 9.23 Å². The number of ether oxygens (including phenoxy) is 1. The monoisotopic (exact) mass is 318 g/mol. The van der Waals surface area contributed by atoms with Crippen molar-refractivity contribution >= 4 is 23.2 Å². The second kappa shape index (κ2) is 6.77. The Morgan fingerprint density at radius 2 is 1.58 bits per heavy atom. The van der Waals surface area contributed by atoms with Crippen molar-refractivity contribution in [3.05, 3.63) is 35.6 Å². The molecule has 0 heterocycles. The fourth-order valence-corrected chi connectivity index (χ4v) is 2.32. The molecule has 0 N–H and O–H groups in total. The maximum Gasteiger partial charge on any atom is 0.411 e. The molecule has 0 aliphatic carbocycles. The Hall–Kier alpha value is -0.520. The van der Waals surface area contributed by atoms with E-state index in [9.17, 15) is 17.6 Å². The molecule has 0 fully saturated rings. The van der Waals surface area contributed by atoms with Crippen molar-refractivity contribution in [2.24, 2.45) is 0 Å². The molecule has 0 aliphatic rings. The summed E-state index contributed by atoms with van der Waals surface area (Å²) >= 11 is 11.5. The summed E-state index contributed by atoms with van der Waals surface area (Å²) in [6.45, 7) is -1.82. The number of hydrogen-bond donors (Lipinski definition) is 0. The molecule has 0 unspecified atom stereocenters. The van der Waals surface area contributed by atoms with Crippen molar-refractivity contribution in [1.82, 2.24) is 0 Å². The fourth-order valence-electron chi connectivity index (χ4n) is 1.59. The summed E-state index contributed by atoms with van der Waals surface area (Å²) in [4.78, 5) is 0. The van der Waals surface area contributed by atoms with Crippen LogP contribution in [0.3, 0.4) is 0 Å². The van der Waals surface area contributed by atoms with E-state index in [1.54, 1.807) is 6.07 Å². The highest BCUT2D eigenvalue weighted by molar-refractivity contribution is 6.22. The Kier molecular flexibility index (Phi) is 5.89. The van der Waals surface area contributed by atoms with Gasteiger partial charge in [0.2, 0.25) is 0 Å². The minimum atomic E-state index is -4.44. The molecule has 0 saturated carbocycles. The minimum absolute atomic E-state index is 0.144. The summed E-state index contributed by atoms with van der Waals surface area (Å²) in [5, 5.41) is 0. The maximum absolute atomic E-state index is 13.7. The predicted octanol–water partition coefficient (Wildman–Crippen LogP) is 4.12. The van der Waals surface area contributed by atoms with Gasteiger partial charge in [-0.05, 0) is 11.6 Å². The van der Waals surface area contributed by atoms with Gasteiger partial charge in [0, 0.05) is 17.2 Å². The Morgan fingerprint density at radius 1 is 1.00 bits per heavy atom. The quantitative estimate of drug-likeness (QED) is 0.566. The van der Waals surface area contributed by atoms with Gasteiger partial charge >= 0.3 is 6.18 Å². The molecule has 1 aromatic carbocycles. The van der Waals surface area contributed by atoms with Crippen molar-refractivity contribution in [3.63, 3.8) is 0 Å². The first-order valence-corrected chi connectivity index (χ1v) is 6.43. The van der Waals surface area contributed by atoms with Crippen LogP contribution in [0, 0.1) is 5.82 Å². The normalized spacial score (nSPS) is 12.7. The third-order valence-corrected chi connectivity index (χ3v) is 3.62. The van der Waals surface area contributed by atoms with E-state index in [1.165, 1.54) is 18.2 Å². The predicted molar refractivity (Wildman–Crippen MR) is 66.4 cm³/mol. The van der Waals surface area contributed by atoms with Crippen LogP contribution < -0.4 is 0 Å². The molecule has 0 radical (unpaired) electrons. The van der Waals surface area contributed by atoms with E-state index in [2.05, 4.69) is 4.74 Å². The van der Waals surface area contributed by atoms with Crippen molar-refractivity contribution in [2.45, 2.75) is 11.6 Å². The van der Waals surface area contributed by atoms with Crippen LogP contribution in [0.15, 0.2) is 24.3 Å². The first kappa shape index (κ1) is 16.5. The molecular formula is C12H12Cl2F4O. The van der Waals surface area contributed by atoms with E-state index < -0.39 is 30.6 Å². The van der Waals surface area contributed by atoms with E-state index in [0.29, 0.717) is 0 Å². The average molecular weight is 319 g/mol. The summed E-state index contributed by atoms with van der Waals surface area (Å²) in [6, 6.07) is 5.68. The van der Waals surface area contributed by atoms with Crippen LogP contribution in [0.4, 0.5) is 17.6 Å². The molecular weight excluding hydrogens is 307 g/mol. The maximum atomic E-state index is 13.7. The molecule has 19 heavy (non-hydrogen) atoms. The fraction of sp³-hybridized carbons (Fsp3) is 0.500. The third-order valence-electron chi connectivity index (χ3n) is 2.60. The zero-order valence-corrected chi connectivity index (χ0v) is 11.3. The summed E-state index contributed by atoms with van der Waals surface area (Å²) < 4.78 is 54.5. The van der Waals surface area contributed by atoms with E-state index >= 15 is 0 Å². The smallest absolute Gasteiger partial charge is 0.371 e. The molecule has 1 rings (SSSR count). The van der Waals surface area contributed by atoms with Gasteiger partial charge < -0.3 is 4.74 Å². The number of hydrogen-bond acceptors (Lipinski definition) is 1. The second-order valence-electron chi connectivity index (χ2n) is 4.14. The summed E-state index contributed by atoms with van der Waals surface area (Å²) in [5.41, 5.74) is -1.03. The largest absolute Gasteiger partial charge is 0.411 e. The molecule has 0 aliphatic heterocycles. The van der Waals surface area contributed by atoms with Gasteiger partial charge in [0.1, 0.15) is 12.4 Å². The van der Waals surface area contributed by atoms with Crippen LogP contribution in [-0.2, 0) is 10.2 Å². The van der Waals surface area contributed by atoms with Gasteiger partial charge in [-0.3, -0.25) is 0 Å². The minimum Gasteiger partial charge on any atom is -0.371 e. The van der Waals surface area contributed by atoms with E-state index in [0.717, 1.165) is 0 Å². The number of halogens is 6. The van der Waals surface area contributed by atoms with Gasteiger partial charge in [-0.2, -0.15) is 13.2 Å². The zero-order chi connectivity index (χ0) is 14.5. The Labute approximate surface area is 118 Å². The molecule has 1 aromatic rings. The number of benzene rings is 1. The van der Waals surface area contributed by atoms with Crippen molar-refractivity contribution in [2.75, 3.05) is 25.0 Å². The van der Waals surface area contributed by atoms with Crippen molar-refractivity contribution in [3.8, 4) is 0 Å². The zero-order valence-electron chi connectivity index (χ0n) is 9.81. The summed E-state index contributed by atoms with van der Waals surface area (Å²) in [7, 11) is 0. The van der Waals surface area contributed by atoms with Gasteiger partial charge in [-0.1, -0.05) is 18.2 Å². The highest BCUT2D eigenvalue weighted by atomic mass is 35.5. The van der Waals surface area contributed by atoms with Gasteiger partial charge in [0.05, 0.1) is 6.61 Å². The molecule has 7 heteroatoms. The summed E-state index contributed by atoms with van der Waals surface area (Å²) in [6.07, 6.45) is -4.44. The lowest BCUT2D eigenvalue weighted by Crippen LogP contribution is -2.38. The molecule has 1 nitrogen and oxygen atoms in total. The average Bonchev–Trinajstić information content (AvgIpc) is 2.35. The van der Waals surface area contributed by atoms with Crippen molar-refractivity contribution < 1.29 is 22.3 Å². The number of rotatable bonds is 6. The van der Waals surface area contributed by atoms with Crippen LogP contribution in [0.2, 0.25) is 0 Å². The summed E-state index contributed by atoms with van der Waals surface area (Å²) in [5.74, 6) is -0.857. The second-order valence-corrected chi connectivity index (χ2v) is 4.67. The van der Waals surface area contributed by atoms with Crippen LogP contribution >= 0.6 is 23.2 Å². The highest BCUT2D eigenvalue weighted by Gasteiger charge is 2.36. The van der Waals surface area contributed by atoms with E-state index in [4.69, 9.17) is 23.2 Å². The molecule has 0 saturated heterocycles. The first-order valence-electron chi connectivity index (χ1n) is 5.36. The van der Waals surface area contributed by atoms with E-state index in [1.807, 2.05) is 0 Å². The van der Waals surface area contributed by atoms with Gasteiger partial charge in [0.25, 0.3) is 0 Å². The lowest BCUT2D eigenvalue weighted by molar-refractivity contribution is -0.176. The third kappa shape index (κ3) is 4.51. The lowest BCUT2D eigenvalue weighted by Gasteiger charge is -2.30. The molecule has 108 valence electrons. The molecule has 0 aromatic heterocycles. The Morgan fingerprint density at radius 3 is 2.05 bits per heavy atom. The van der Waals surface area contributed by atoms with Gasteiger partial charge in [0.15, 0.2) is 0 Å². The molecule has 0 spiro atoms. The van der Waals surface area contributed by atoms with Crippen molar-refractivity contribution in [1.29, 1.82) is 0 Å². The molecule has 0 bridgehead atoms. The molecule has 0 atom stereocenters. The first-order chi connectivity index (χ1) is 8.84. The lowest BCUT2D eigenvalue weighted by atomic mass is 9.84. The van der Waals surface area contributed by atoms with Gasteiger partial charge in [-0.25, -0.2) is 4.39 Å². The highest BCUT2D eigenvalue weighted by Crippen LogP contribution is 2.30. The van der Waals surface area contributed by atoms with Gasteiger partial charge in [-0.15, -0.1) is 23.2 Å². The van der Waals surface area contributed by atoms with Crippen LogP contribution in [0.5, 0.6) is 0 Å². The van der Waals surface area contributed by atoms with Crippen LogP contribution in [-0.4, -0.2) is 31.2 Å². The van der Waals surface area contributed by atoms with E-state index in [-0.39, 0.29) is 17.3 Å². The Balaban J connectivity index is 2.89. The van der Waals surface area contributed by atoms with Crippen LogP contribution in [0.1, 0.15) is 5.56 Å². The Bertz CT molecular complexity index is 405.